The third kappa shape index (κ3) is 4.95. The highest BCUT2D eigenvalue weighted by Crippen LogP contribution is 2.37. The molecular weight excluding hydrogens is 364 g/mol. The highest BCUT2D eigenvalue weighted by atomic mass is 32.1. The maximum atomic E-state index is 3.51. The number of benzene rings is 1. The molecule has 0 saturated heterocycles. The van der Waals surface area contributed by atoms with E-state index in [1.807, 2.05) is 6.92 Å². The van der Waals surface area contributed by atoms with E-state index < -0.39 is 0 Å². The van der Waals surface area contributed by atoms with Crippen LogP contribution < -0.4 is 0 Å². The molecule has 3 aromatic rings. The molecular formula is C25H28S2. The van der Waals surface area contributed by atoms with E-state index in [-0.39, 0.29) is 0 Å². The first-order chi connectivity index (χ1) is 13.4. The molecule has 2 heteroatoms. The van der Waals surface area contributed by atoms with Crippen LogP contribution >= 0.6 is 22.7 Å². The van der Waals surface area contributed by atoms with Gasteiger partial charge < -0.3 is 0 Å². The minimum atomic E-state index is 1.00. The number of unbranched alkanes of at least 4 members (excludes halogenated alkanes) is 8. The minimum Gasteiger partial charge on any atom is -0.142 e. The fraction of sp³-hybridized carbons (Fsp3) is 0.440. The molecule has 0 radical (unpaired) electrons. The Morgan fingerprint density at radius 3 is 1.89 bits per heavy atom. The molecule has 0 spiro atoms. The molecule has 0 saturated carbocycles. The van der Waals surface area contributed by atoms with Gasteiger partial charge in [0.05, 0.1) is 20.5 Å². The van der Waals surface area contributed by atoms with Crippen molar-refractivity contribution in [3.63, 3.8) is 0 Å². The summed E-state index contributed by atoms with van der Waals surface area (Å²) in [5.74, 6) is 13.4. The average Bonchev–Trinajstić information content (AvgIpc) is 3.34. The van der Waals surface area contributed by atoms with Gasteiger partial charge in [-0.2, -0.15) is 0 Å². The lowest BCUT2D eigenvalue weighted by atomic mass is 10.0. The van der Waals surface area contributed by atoms with Gasteiger partial charge in [-0.25, -0.2) is 0 Å². The van der Waals surface area contributed by atoms with Gasteiger partial charge in [0.25, 0.3) is 0 Å². The predicted molar refractivity (Wildman–Crippen MR) is 124 cm³/mol. The topological polar surface area (TPSA) is 0 Å². The van der Waals surface area contributed by atoms with Gasteiger partial charge in [0.1, 0.15) is 0 Å². The van der Waals surface area contributed by atoms with Gasteiger partial charge in [-0.1, -0.05) is 69.6 Å². The molecule has 1 aromatic carbocycles. The van der Waals surface area contributed by atoms with Crippen molar-refractivity contribution in [1.82, 2.24) is 0 Å². The van der Waals surface area contributed by atoms with Crippen molar-refractivity contribution in [2.45, 2.75) is 71.6 Å². The Balaban J connectivity index is 1.66. The Bertz CT molecular complexity index is 943. The SMILES string of the molecule is CC#Cc1c2ccsc2c(C#CCCCCCCCCCC)c2ccsc12. The second kappa shape index (κ2) is 10.6. The number of hydrogen-bond acceptors (Lipinski definition) is 2. The van der Waals surface area contributed by atoms with Gasteiger partial charge in [0.15, 0.2) is 0 Å². The fourth-order valence-corrected chi connectivity index (χ4v) is 5.35. The van der Waals surface area contributed by atoms with Crippen molar-refractivity contribution in [1.29, 1.82) is 0 Å². The second-order valence-corrected chi connectivity index (χ2v) is 8.81. The molecule has 0 fully saturated rings. The van der Waals surface area contributed by atoms with E-state index in [2.05, 4.69) is 53.5 Å². The van der Waals surface area contributed by atoms with Gasteiger partial charge in [-0.3, -0.25) is 0 Å². The molecule has 0 bridgehead atoms. The lowest BCUT2D eigenvalue weighted by molar-refractivity contribution is 0.579. The number of rotatable bonds is 8. The van der Waals surface area contributed by atoms with Crippen molar-refractivity contribution in [3.8, 4) is 23.7 Å². The van der Waals surface area contributed by atoms with E-state index in [9.17, 15) is 0 Å². The molecule has 0 unspecified atom stereocenters. The first-order valence-electron chi connectivity index (χ1n) is 10.2. The van der Waals surface area contributed by atoms with Crippen molar-refractivity contribution in [3.05, 3.63) is 34.0 Å². The van der Waals surface area contributed by atoms with Crippen LogP contribution in [0.1, 0.15) is 82.8 Å². The van der Waals surface area contributed by atoms with Crippen LogP contribution in [0.3, 0.4) is 0 Å². The summed E-state index contributed by atoms with van der Waals surface area (Å²) in [4.78, 5) is 0. The normalized spacial score (nSPS) is 10.6. The zero-order chi connectivity index (χ0) is 18.9. The Labute approximate surface area is 172 Å². The molecule has 0 nitrogen and oxygen atoms in total. The summed E-state index contributed by atoms with van der Waals surface area (Å²) in [6.45, 7) is 4.19. The van der Waals surface area contributed by atoms with Gasteiger partial charge >= 0.3 is 0 Å². The van der Waals surface area contributed by atoms with Crippen LogP contribution in [0, 0.1) is 23.7 Å². The standard InChI is InChI=1S/C25H28S2/c1-3-5-6-7-8-9-10-11-12-13-15-21-23-17-19-26-24(23)20(14-4-2)22-16-18-27-25(21)22/h16-19H,3,5-12H2,1-2H3. The number of fused-ring (bicyclic) bond motifs is 2. The van der Waals surface area contributed by atoms with E-state index in [0.29, 0.717) is 0 Å². The Morgan fingerprint density at radius 2 is 1.30 bits per heavy atom. The van der Waals surface area contributed by atoms with Gasteiger partial charge in [0, 0.05) is 17.2 Å². The predicted octanol–water partition coefficient (Wildman–Crippen LogP) is 8.37. The van der Waals surface area contributed by atoms with Crippen molar-refractivity contribution < 1.29 is 0 Å². The second-order valence-electron chi connectivity index (χ2n) is 6.98. The van der Waals surface area contributed by atoms with E-state index in [0.717, 1.165) is 6.42 Å². The number of hydrogen-bond donors (Lipinski definition) is 0. The quantitative estimate of drug-likeness (QED) is 0.267. The van der Waals surface area contributed by atoms with Crippen LogP contribution in [0.2, 0.25) is 0 Å². The van der Waals surface area contributed by atoms with Crippen molar-refractivity contribution in [2.75, 3.05) is 0 Å². The smallest absolute Gasteiger partial charge is 0.0518 e. The summed E-state index contributed by atoms with van der Waals surface area (Å²) < 4.78 is 2.58. The summed E-state index contributed by atoms with van der Waals surface area (Å²) in [5, 5.41) is 6.87. The van der Waals surface area contributed by atoms with Gasteiger partial charge in [0.2, 0.25) is 0 Å². The molecule has 0 atom stereocenters. The highest BCUT2D eigenvalue weighted by molar-refractivity contribution is 7.19. The molecule has 27 heavy (non-hydrogen) atoms. The van der Waals surface area contributed by atoms with Crippen molar-refractivity contribution in [2.24, 2.45) is 0 Å². The zero-order valence-electron chi connectivity index (χ0n) is 16.5. The van der Waals surface area contributed by atoms with E-state index in [1.165, 1.54) is 82.7 Å². The van der Waals surface area contributed by atoms with Gasteiger partial charge in [-0.15, -0.1) is 28.6 Å². The summed E-state index contributed by atoms with van der Waals surface area (Å²) in [6.07, 6.45) is 11.8. The third-order valence-corrected chi connectivity index (χ3v) is 6.81. The van der Waals surface area contributed by atoms with Crippen LogP contribution in [0.25, 0.3) is 20.2 Å². The molecule has 0 aliphatic heterocycles. The lowest BCUT2D eigenvalue weighted by Gasteiger charge is -2.03. The Hall–Kier alpha value is -1.74. The minimum absolute atomic E-state index is 1.00. The molecule has 0 amide bonds. The van der Waals surface area contributed by atoms with E-state index >= 15 is 0 Å². The van der Waals surface area contributed by atoms with Gasteiger partial charge in [-0.05, 0) is 36.2 Å². The highest BCUT2D eigenvalue weighted by Gasteiger charge is 2.13. The van der Waals surface area contributed by atoms with Crippen LogP contribution in [-0.4, -0.2) is 0 Å². The first kappa shape index (κ1) is 20.0. The molecule has 3 rings (SSSR count). The summed E-state index contributed by atoms with van der Waals surface area (Å²) in [7, 11) is 0. The van der Waals surface area contributed by atoms with Crippen LogP contribution in [0.15, 0.2) is 22.9 Å². The Kier molecular flexibility index (Phi) is 7.82. The van der Waals surface area contributed by atoms with Crippen molar-refractivity contribution >= 4 is 42.8 Å². The summed E-state index contributed by atoms with van der Waals surface area (Å²) in [5.41, 5.74) is 2.38. The van der Waals surface area contributed by atoms with Crippen LogP contribution in [-0.2, 0) is 0 Å². The maximum absolute atomic E-state index is 3.51. The van der Waals surface area contributed by atoms with E-state index in [4.69, 9.17) is 0 Å². The molecule has 0 N–H and O–H groups in total. The average molecular weight is 393 g/mol. The Morgan fingerprint density at radius 1 is 0.741 bits per heavy atom. The van der Waals surface area contributed by atoms with Crippen LogP contribution in [0.5, 0.6) is 0 Å². The van der Waals surface area contributed by atoms with E-state index in [1.54, 1.807) is 22.7 Å². The third-order valence-electron chi connectivity index (χ3n) is 4.94. The molecule has 2 aromatic heterocycles. The van der Waals surface area contributed by atoms with Crippen LogP contribution in [0.4, 0.5) is 0 Å². The number of thiophene rings is 2. The monoisotopic (exact) mass is 392 g/mol. The molecule has 2 heterocycles. The fourth-order valence-electron chi connectivity index (χ4n) is 3.52. The summed E-state index contributed by atoms with van der Waals surface area (Å²) >= 11 is 3.57. The molecule has 140 valence electrons. The largest absolute Gasteiger partial charge is 0.142 e. The molecule has 0 aliphatic rings. The molecule has 0 aliphatic carbocycles. The lowest BCUT2D eigenvalue weighted by Crippen LogP contribution is -1.84. The zero-order valence-corrected chi connectivity index (χ0v) is 18.1. The maximum Gasteiger partial charge on any atom is 0.0518 e. The first-order valence-corrected chi connectivity index (χ1v) is 11.9. The summed E-state index contributed by atoms with van der Waals surface area (Å²) in [6, 6.07) is 4.41.